The molecule has 4 heteroatoms. The van der Waals surface area contributed by atoms with Gasteiger partial charge in [-0.1, -0.05) is 26.2 Å². The van der Waals surface area contributed by atoms with Gasteiger partial charge in [-0.15, -0.1) is 0 Å². The smallest absolute Gasteiger partial charge is 0.450 e. The summed E-state index contributed by atoms with van der Waals surface area (Å²) in [6, 6.07) is 0. The first-order valence-corrected chi connectivity index (χ1v) is 6.63. The molecule has 2 aliphatic carbocycles. The number of fused-ring (bicyclic) bond motifs is 2. The second-order valence-electron chi connectivity index (χ2n) is 5.77. The zero-order valence-corrected chi connectivity index (χ0v) is 10.4. The van der Waals surface area contributed by atoms with E-state index in [-0.39, 0.29) is 5.41 Å². The van der Waals surface area contributed by atoms with E-state index in [1.807, 2.05) is 0 Å². The van der Waals surface area contributed by atoms with Gasteiger partial charge in [-0.3, -0.25) is 0 Å². The van der Waals surface area contributed by atoms with E-state index < -0.39 is 12.4 Å². The Labute approximate surface area is 102 Å². The molecule has 2 bridgehead atoms. The van der Waals surface area contributed by atoms with E-state index in [0.717, 1.165) is 32.1 Å². The summed E-state index contributed by atoms with van der Waals surface area (Å²) < 4.78 is 4.63. The van der Waals surface area contributed by atoms with Crippen molar-refractivity contribution in [1.82, 2.24) is 0 Å². The van der Waals surface area contributed by atoms with Crippen molar-refractivity contribution >= 4 is 6.16 Å². The standard InChI is InChI=1S/C13H22O4/c1-2-9-6-10-4-3-5-13(7-9,8-10)11(14)17-12(15)16/h9-11,14H,2-8H2,1H3,(H,15,16). The SMILES string of the molecule is CCC1CC2CCCC(C(O)OC(=O)O)(C1)C2. The predicted molar refractivity (Wildman–Crippen MR) is 62.5 cm³/mol. The number of ether oxygens (including phenoxy) is 1. The van der Waals surface area contributed by atoms with Crippen LogP contribution in [0, 0.1) is 17.3 Å². The third-order valence-corrected chi connectivity index (χ3v) is 4.66. The van der Waals surface area contributed by atoms with Gasteiger partial charge in [-0.05, 0) is 37.5 Å². The van der Waals surface area contributed by atoms with Crippen LogP contribution in [0.1, 0.15) is 51.9 Å². The number of rotatable bonds is 3. The van der Waals surface area contributed by atoms with Crippen molar-refractivity contribution in [2.75, 3.05) is 0 Å². The molecule has 4 nitrogen and oxygen atoms in total. The van der Waals surface area contributed by atoms with E-state index in [2.05, 4.69) is 11.7 Å². The summed E-state index contributed by atoms with van der Waals surface area (Å²) in [6.45, 7) is 2.17. The van der Waals surface area contributed by atoms with Crippen molar-refractivity contribution in [2.45, 2.75) is 58.2 Å². The number of carbonyl (C=O) groups is 1. The molecule has 2 aliphatic rings. The highest BCUT2D eigenvalue weighted by Gasteiger charge is 2.48. The maximum atomic E-state index is 10.6. The van der Waals surface area contributed by atoms with Crippen LogP contribution in [0.3, 0.4) is 0 Å². The lowest BCUT2D eigenvalue weighted by Gasteiger charge is -2.49. The molecule has 4 unspecified atom stereocenters. The summed E-state index contributed by atoms with van der Waals surface area (Å²) in [6.07, 6.45) is 4.88. The number of aliphatic hydroxyl groups is 1. The fraction of sp³-hybridized carbons (Fsp3) is 0.923. The van der Waals surface area contributed by atoms with Crippen molar-refractivity contribution in [3.8, 4) is 0 Å². The maximum Gasteiger partial charge on any atom is 0.508 e. The van der Waals surface area contributed by atoms with Crippen LogP contribution in [0.15, 0.2) is 0 Å². The normalized spacial score (nSPS) is 38.5. The van der Waals surface area contributed by atoms with Crippen molar-refractivity contribution in [3.05, 3.63) is 0 Å². The molecule has 2 saturated carbocycles. The van der Waals surface area contributed by atoms with E-state index in [0.29, 0.717) is 11.8 Å². The molecule has 0 spiro atoms. The Hall–Kier alpha value is -0.770. The number of aliphatic hydroxyl groups excluding tert-OH is 1. The van der Waals surface area contributed by atoms with Crippen molar-refractivity contribution in [2.24, 2.45) is 17.3 Å². The van der Waals surface area contributed by atoms with Crippen LogP contribution in [-0.2, 0) is 4.74 Å². The number of hydrogen-bond donors (Lipinski definition) is 2. The molecule has 0 aliphatic heterocycles. The van der Waals surface area contributed by atoms with Gasteiger partial charge >= 0.3 is 6.16 Å². The third kappa shape index (κ3) is 2.57. The van der Waals surface area contributed by atoms with E-state index in [4.69, 9.17) is 5.11 Å². The molecule has 17 heavy (non-hydrogen) atoms. The van der Waals surface area contributed by atoms with E-state index in [1.54, 1.807) is 0 Å². The average Bonchev–Trinajstić information content (AvgIpc) is 2.27. The molecule has 98 valence electrons. The Bertz CT molecular complexity index is 291. The number of hydrogen-bond acceptors (Lipinski definition) is 3. The first-order chi connectivity index (χ1) is 8.05. The minimum Gasteiger partial charge on any atom is -0.450 e. The van der Waals surface area contributed by atoms with Crippen molar-refractivity contribution < 1.29 is 19.7 Å². The molecule has 0 radical (unpaired) electrons. The van der Waals surface area contributed by atoms with Crippen LogP contribution < -0.4 is 0 Å². The Morgan fingerprint density at radius 2 is 2.29 bits per heavy atom. The lowest BCUT2D eigenvalue weighted by Crippen LogP contribution is -2.46. The Kier molecular flexibility index (Phi) is 3.61. The van der Waals surface area contributed by atoms with E-state index in [1.165, 1.54) is 12.8 Å². The zero-order valence-electron chi connectivity index (χ0n) is 10.4. The van der Waals surface area contributed by atoms with Gasteiger partial charge in [0.2, 0.25) is 6.29 Å². The first-order valence-electron chi connectivity index (χ1n) is 6.63. The van der Waals surface area contributed by atoms with E-state index in [9.17, 15) is 9.90 Å². The van der Waals surface area contributed by atoms with E-state index >= 15 is 0 Å². The summed E-state index contributed by atoms with van der Waals surface area (Å²) in [5, 5.41) is 18.7. The summed E-state index contributed by atoms with van der Waals surface area (Å²) in [5.41, 5.74) is -0.305. The lowest BCUT2D eigenvalue weighted by molar-refractivity contribution is -0.184. The highest BCUT2D eigenvalue weighted by molar-refractivity contribution is 5.57. The fourth-order valence-electron chi connectivity index (χ4n) is 3.89. The molecule has 4 atom stereocenters. The first kappa shape index (κ1) is 12.7. The molecular weight excluding hydrogens is 220 g/mol. The van der Waals surface area contributed by atoms with Crippen LogP contribution in [0.25, 0.3) is 0 Å². The Morgan fingerprint density at radius 1 is 1.53 bits per heavy atom. The van der Waals surface area contributed by atoms with Crippen molar-refractivity contribution in [3.63, 3.8) is 0 Å². The monoisotopic (exact) mass is 242 g/mol. The Balaban J connectivity index is 2.11. The molecule has 0 amide bonds. The summed E-state index contributed by atoms with van der Waals surface area (Å²) in [5.74, 6) is 1.26. The highest BCUT2D eigenvalue weighted by Crippen LogP contribution is 2.53. The van der Waals surface area contributed by atoms with Gasteiger partial charge in [-0.2, -0.15) is 0 Å². The topological polar surface area (TPSA) is 66.8 Å². The van der Waals surface area contributed by atoms with Crippen LogP contribution in [0.2, 0.25) is 0 Å². The highest BCUT2D eigenvalue weighted by atomic mass is 16.7. The zero-order chi connectivity index (χ0) is 12.5. The molecule has 0 heterocycles. The van der Waals surface area contributed by atoms with Gasteiger partial charge in [-0.25, -0.2) is 4.79 Å². The van der Waals surface area contributed by atoms with Gasteiger partial charge in [0.25, 0.3) is 0 Å². The second kappa shape index (κ2) is 4.84. The minimum absolute atomic E-state index is 0.305. The predicted octanol–water partition coefficient (Wildman–Crippen LogP) is 3.00. The number of carboxylic acid groups (broad SMARTS) is 1. The molecule has 2 N–H and O–H groups in total. The summed E-state index contributed by atoms with van der Waals surface area (Å²) in [7, 11) is 0. The summed E-state index contributed by atoms with van der Waals surface area (Å²) in [4.78, 5) is 10.6. The molecule has 2 fully saturated rings. The molecular formula is C13H22O4. The van der Waals surface area contributed by atoms with Gasteiger partial charge in [0, 0.05) is 5.41 Å². The fourth-order valence-corrected chi connectivity index (χ4v) is 3.89. The Morgan fingerprint density at radius 3 is 2.94 bits per heavy atom. The molecule has 0 aromatic rings. The van der Waals surface area contributed by atoms with Gasteiger partial charge in [0.05, 0.1) is 0 Å². The van der Waals surface area contributed by atoms with Gasteiger partial charge in [0.1, 0.15) is 0 Å². The van der Waals surface area contributed by atoms with Gasteiger partial charge < -0.3 is 14.9 Å². The lowest BCUT2D eigenvalue weighted by atomic mass is 9.58. The van der Waals surface area contributed by atoms with Crippen LogP contribution in [-0.4, -0.2) is 22.7 Å². The molecule has 0 aromatic heterocycles. The molecule has 0 aromatic carbocycles. The van der Waals surface area contributed by atoms with Crippen molar-refractivity contribution in [1.29, 1.82) is 0 Å². The van der Waals surface area contributed by atoms with Crippen LogP contribution >= 0.6 is 0 Å². The average molecular weight is 242 g/mol. The molecule has 0 saturated heterocycles. The van der Waals surface area contributed by atoms with Gasteiger partial charge in [0.15, 0.2) is 0 Å². The third-order valence-electron chi connectivity index (χ3n) is 4.66. The van der Waals surface area contributed by atoms with Crippen LogP contribution in [0.5, 0.6) is 0 Å². The quantitative estimate of drug-likeness (QED) is 0.589. The second-order valence-corrected chi connectivity index (χ2v) is 5.77. The van der Waals surface area contributed by atoms with Crippen LogP contribution in [0.4, 0.5) is 4.79 Å². The largest absolute Gasteiger partial charge is 0.508 e. The summed E-state index contributed by atoms with van der Waals surface area (Å²) >= 11 is 0. The molecule has 2 rings (SSSR count). The maximum absolute atomic E-state index is 10.6. The minimum atomic E-state index is -1.37.